The van der Waals surface area contributed by atoms with E-state index in [1.165, 1.54) is 0 Å². The van der Waals surface area contributed by atoms with Gasteiger partial charge < -0.3 is 25.8 Å². The molecule has 2 aromatic rings. The zero-order chi connectivity index (χ0) is 29.9. The number of aliphatic hydroxyl groups excluding tert-OH is 1. The standard InChI is InChI=1S/C29H39F4N3O4/c1-4-6-10-29(32,33)16-25(35-28(39)40-3)27(38)36(17-20-9-7-8-19(5-2)11-20)18-26(37)24(34)14-21-12-22(30)15-23(31)13-21/h7-9,11-13,15,24-26,37H,4-6,10,14,16-18,34H2,1-3H3,(H,35,39)/t24-,25+,26+/m0/s1. The van der Waals surface area contributed by atoms with E-state index >= 15 is 0 Å². The van der Waals surface area contributed by atoms with Crippen LogP contribution in [0.3, 0.4) is 0 Å². The van der Waals surface area contributed by atoms with Crippen LogP contribution in [0.15, 0.2) is 42.5 Å². The number of benzene rings is 2. The predicted octanol–water partition coefficient (Wildman–Crippen LogP) is 4.73. The summed E-state index contributed by atoms with van der Waals surface area (Å²) < 4.78 is 61.4. The number of hydrogen-bond donors (Lipinski definition) is 3. The summed E-state index contributed by atoms with van der Waals surface area (Å²) in [5.41, 5.74) is 7.99. The molecule has 2 aromatic carbocycles. The van der Waals surface area contributed by atoms with Crippen molar-refractivity contribution in [1.82, 2.24) is 10.2 Å². The van der Waals surface area contributed by atoms with Crippen LogP contribution in [0, 0.1) is 11.6 Å². The minimum absolute atomic E-state index is 0.0646. The molecule has 2 amide bonds. The Labute approximate surface area is 232 Å². The smallest absolute Gasteiger partial charge is 0.407 e. The van der Waals surface area contributed by atoms with Crippen molar-refractivity contribution < 1.29 is 37.0 Å². The highest BCUT2D eigenvalue weighted by molar-refractivity contribution is 5.85. The number of ether oxygens (including phenoxy) is 1. The lowest BCUT2D eigenvalue weighted by Crippen LogP contribution is -2.54. The molecule has 2 rings (SSSR count). The molecule has 40 heavy (non-hydrogen) atoms. The number of amides is 2. The van der Waals surface area contributed by atoms with Gasteiger partial charge >= 0.3 is 6.09 Å². The van der Waals surface area contributed by atoms with Crippen LogP contribution in [0.1, 0.15) is 56.2 Å². The number of carbonyl (C=O) groups excluding carboxylic acids is 2. The number of aryl methyl sites for hydroxylation is 1. The van der Waals surface area contributed by atoms with E-state index in [4.69, 9.17) is 5.73 Å². The minimum atomic E-state index is -3.25. The van der Waals surface area contributed by atoms with Gasteiger partial charge in [-0.2, -0.15) is 0 Å². The normalized spacial score (nSPS) is 13.8. The lowest BCUT2D eigenvalue weighted by Gasteiger charge is -2.32. The topological polar surface area (TPSA) is 105 Å². The molecule has 0 bridgehead atoms. The molecule has 11 heteroatoms. The van der Waals surface area contributed by atoms with Gasteiger partial charge in [0.2, 0.25) is 5.91 Å². The van der Waals surface area contributed by atoms with Gasteiger partial charge in [0.1, 0.15) is 17.7 Å². The fraction of sp³-hybridized carbons (Fsp3) is 0.517. The number of nitrogens with zero attached hydrogens (tertiary/aromatic N) is 1. The fourth-order valence-corrected chi connectivity index (χ4v) is 4.36. The third-order valence-corrected chi connectivity index (χ3v) is 6.55. The molecule has 0 spiro atoms. The largest absolute Gasteiger partial charge is 0.453 e. The van der Waals surface area contributed by atoms with E-state index in [1.807, 2.05) is 19.1 Å². The number of alkyl halides is 2. The molecule has 0 aromatic heterocycles. The summed E-state index contributed by atoms with van der Waals surface area (Å²) in [6.07, 6.45) is -2.50. The molecule has 3 atom stereocenters. The van der Waals surface area contributed by atoms with Crippen molar-refractivity contribution in [2.75, 3.05) is 13.7 Å². The van der Waals surface area contributed by atoms with Crippen molar-refractivity contribution in [3.8, 4) is 0 Å². The minimum Gasteiger partial charge on any atom is -0.453 e. The zero-order valence-corrected chi connectivity index (χ0v) is 23.1. The van der Waals surface area contributed by atoms with E-state index in [-0.39, 0.29) is 31.5 Å². The maximum Gasteiger partial charge on any atom is 0.407 e. The van der Waals surface area contributed by atoms with Gasteiger partial charge in [0, 0.05) is 38.0 Å². The monoisotopic (exact) mass is 569 g/mol. The second-order valence-electron chi connectivity index (χ2n) is 9.96. The molecule has 0 aliphatic carbocycles. The third-order valence-electron chi connectivity index (χ3n) is 6.55. The van der Waals surface area contributed by atoms with E-state index in [9.17, 15) is 32.3 Å². The van der Waals surface area contributed by atoms with Crippen LogP contribution in [0.25, 0.3) is 0 Å². The molecule has 0 saturated carbocycles. The molecule has 7 nitrogen and oxygen atoms in total. The Morgan fingerprint density at radius 1 is 1.07 bits per heavy atom. The summed E-state index contributed by atoms with van der Waals surface area (Å²) >= 11 is 0. The first kappa shape index (κ1) is 33.0. The van der Waals surface area contributed by atoms with E-state index in [2.05, 4.69) is 10.1 Å². The highest BCUT2D eigenvalue weighted by Gasteiger charge is 2.38. The molecule has 0 fully saturated rings. The highest BCUT2D eigenvalue weighted by atomic mass is 19.3. The van der Waals surface area contributed by atoms with Crippen molar-refractivity contribution >= 4 is 12.0 Å². The number of aliphatic hydroxyl groups is 1. The lowest BCUT2D eigenvalue weighted by molar-refractivity contribution is -0.138. The Bertz CT molecular complexity index is 1100. The van der Waals surface area contributed by atoms with Gasteiger partial charge in [-0.25, -0.2) is 22.4 Å². The van der Waals surface area contributed by atoms with Gasteiger partial charge in [-0.3, -0.25) is 4.79 Å². The van der Waals surface area contributed by atoms with Crippen LogP contribution in [-0.2, 0) is 28.9 Å². The van der Waals surface area contributed by atoms with Crippen LogP contribution in [0.2, 0.25) is 0 Å². The Morgan fingerprint density at radius 2 is 1.73 bits per heavy atom. The van der Waals surface area contributed by atoms with Crippen molar-refractivity contribution in [2.45, 2.75) is 83.0 Å². The molecule has 0 heterocycles. The molecule has 0 aliphatic heterocycles. The maximum absolute atomic E-state index is 14.8. The van der Waals surface area contributed by atoms with Gasteiger partial charge in [0.25, 0.3) is 5.92 Å². The van der Waals surface area contributed by atoms with E-state index in [0.717, 1.165) is 36.1 Å². The van der Waals surface area contributed by atoms with Crippen LogP contribution >= 0.6 is 0 Å². The summed E-state index contributed by atoms with van der Waals surface area (Å²) in [6.45, 7) is 3.27. The van der Waals surface area contributed by atoms with Gasteiger partial charge in [0.15, 0.2) is 0 Å². The highest BCUT2D eigenvalue weighted by Crippen LogP contribution is 2.28. The molecule has 0 radical (unpaired) electrons. The second kappa shape index (κ2) is 15.6. The van der Waals surface area contributed by atoms with Crippen LogP contribution in [-0.4, -0.2) is 59.8 Å². The van der Waals surface area contributed by atoms with Gasteiger partial charge in [0.05, 0.1) is 13.2 Å². The Balaban J connectivity index is 2.34. The van der Waals surface area contributed by atoms with Crippen molar-refractivity contribution in [2.24, 2.45) is 5.73 Å². The van der Waals surface area contributed by atoms with E-state index in [1.54, 1.807) is 19.1 Å². The second-order valence-corrected chi connectivity index (χ2v) is 9.96. The number of nitrogens with two attached hydrogens (primary N) is 1. The van der Waals surface area contributed by atoms with Crippen LogP contribution < -0.4 is 11.1 Å². The van der Waals surface area contributed by atoms with E-state index < -0.39 is 60.6 Å². The quantitative estimate of drug-likeness (QED) is 0.269. The first-order chi connectivity index (χ1) is 18.9. The number of alkyl carbamates (subject to hydrolysis) is 1. The lowest BCUT2D eigenvalue weighted by atomic mass is 9.99. The number of rotatable bonds is 15. The number of halogens is 4. The number of hydrogen-bond acceptors (Lipinski definition) is 5. The third kappa shape index (κ3) is 10.8. The fourth-order valence-electron chi connectivity index (χ4n) is 4.36. The van der Waals surface area contributed by atoms with E-state index in [0.29, 0.717) is 18.1 Å². The molecular formula is C29H39F4N3O4. The molecule has 0 unspecified atom stereocenters. The van der Waals surface area contributed by atoms with Gasteiger partial charge in [-0.05, 0) is 48.1 Å². The predicted molar refractivity (Wildman–Crippen MR) is 144 cm³/mol. The Morgan fingerprint density at radius 3 is 2.33 bits per heavy atom. The van der Waals surface area contributed by atoms with Crippen LogP contribution in [0.5, 0.6) is 0 Å². The molecule has 0 aliphatic rings. The van der Waals surface area contributed by atoms with Crippen LogP contribution in [0.4, 0.5) is 22.4 Å². The van der Waals surface area contributed by atoms with Crippen molar-refractivity contribution in [3.63, 3.8) is 0 Å². The average molecular weight is 570 g/mol. The SMILES string of the molecule is CCCCC(F)(F)C[C@@H](NC(=O)OC)C(=O)N(Cc1cccc(CC)c1)C[C@@H](O)[C@@H](N)Cc1cc(F)cc(F)c1. The maximum atomic E-state index is 14.8. The summed E-state index contributed by atoms with van der Waals surface area (Å²) in [5.74, 6) is -5.71. The summed E-state index contributed by atoms with van der Waals surface area (Å²) in [4.78, 5) is 26.8. The first-order valence-electron chi connectivity index (χ1n) is 13.3. The number of nitrogens with one attached hydrogen (secondary N) is 1. The van der Waals surface area contributed by atoms with Gasteiger partial charge in [-0.1, -0.05) is 44.5 Å². The molecule has 0 saturated heterocycles. The zero-order valence-electron chi connectivity index (χ0n) is 23.1. The number of methoxy groups -OCH3 is 1. The summed E-state index contributed by atoms with van der Waals surface area (Å²) in [5, 5.41) is 13.1. The number of carbonyl (C=O) groups is 2. The Kier molecular flexibility index (Phi) is 12.9. The Hall–Kier alpha value is -3.18. The first-order valence-corrected chi connectivity index (χ1v) is 13.3. The molecule has 222 valence electrons. The van der Waals surface area contributed by atoms with Crippen molar-refractivity contribution in [1.29, 1.82) is 0 Å². The number of unbranched alkanes of at least 4 members (excludes halogenated alkanes) is 1. The van der Waals surface area contributed by atoms with Crippen molar-refractivity contribution in [3.05, 3.63) is 70.8 Å². The van der Waals surface area contributed by atoms with Gasteiger partial charge in [-0.15, -0.1) is 0 Å². The summed E-state index contributed by atoms with van der Waals surface area (Å²) in [6, 6.07) is 7.48. The average Bonchev–Trinajstić information content (AvgIpc) is 2.90. The molecular weight excluding hydrogens is 530 g/mol. The molecule has 4 N–H and O–H groups in total. The summed E-state index contributed by atoms with van der Waals surface area (Å²) in [7, 11) is 1.05.